The highest BCUT2D eigenvalue weighted by molar-refractivity contribution is 5.68. The summed E-state index contributed by atoms with van der Waals surface area (Å²) in [6.45, 7) is 5.38. The van der Waals surface area contributed by atoms with Crippen LogP contribution in [-0.4, -0.2) is 40.9 Å². The normalized spacial score (nSPS) is 22.4. The monoisotopic (exact) mass is 345 g/mol. The van der Waals surface area contributed by atoms with Crippen LogP contribution in [0.3, 0.4) is 0 Å². The molecule has 0 saturated carbocycles. The second-order valence-electron chi connectivity index (χ2n) is 6.97. The highest BCUT2D eigenvalue weighted by Gasteiger charge is 2.39. The average Bonchev–Trinajstić information content (AvgIpc) is 2.44. The summed E-state index contributed by atoms with van der Waals surface area (Å²) >= 11 is 0. The van der Waals surface area contributed by atoms with Crippen molar-refractivity contribution in [3.63, 3.8) is 0 Å². The first kappa shape index (κ1) is 18.6. The van der Waals surface area contributed by atoms with E-state index in [9.17, 15) is 23.1 Å². The highest BCUT2D eigenvalue weighted by Crippen LogP contribution is 2.38. The molecule has 2 rings (SSSR count). The molecule has 1 fully saturated rings. The summed E-state index contributed by atoms with van der Waals surface area (Å²) in [7, 11) is 0. The number of benzene rings is 1. The molecule has 1 amide bonds. The van der Waals surface area contributed by atoms with Gasteiger partial charge in [-0.2, -0.15) is 13.2 Å². The van der Waals surface area contributed by atoms with E-state index in [0.29, 0.717) is 0 Å². The summed E-state index contributed by atoms with van der Waals surface area (Å²) in [6.07, 6.45) is -5.87. The van der Waals surface area contributed by atoms with E-state index in [2.05, 4.69) is 0 Å². The number of halogens is 3. The van der Waals surface area contributed by atoms with E-state index in [0.717, 1.165) is 6.07 Å². The number of aliphatic hydroxyl groups is 1. The van der Waals surface area contributed by atoms with Crippen molar-refractivity contribution in [1.82, 2.24) is 4.90 Å². The van der Waals surface area contributed by atoms with Crippen molar-refractivity contribution in [2.75, 3.05) is 13.1 Å². The van der Waals surface area contributed by atoms with Gasteiger partial charge in [0.15, 0.2) is 0 Å². The Hall–Kier alpha value is -1.76. The van der Waals surface area contributed by atoms with Crippen molar-refractivity contribution < 1.29 is 27.8 Å². The van der Waals surface area contributed by atoms with Crippen LogP contribution >= 0.6 is 0 Å². The van der Waals surface area contributed by atoms with Crippen molar-refractivity contribution in [2.24, 2.45) is 0 Å². The maximum atomic E-state index is 13.2. The van der Waals surface area contributed by atoms with E-state index in [1.807, 2.05) is 0 Å². The molecule has 0 aromatic heterocycles. The lowest BCUT2D eigenvalue weighted by Crippen LogP contribution is -2.47. The number of alkyl halides is 3. The first-order chi connectivity index (χ1) is 11.0. The largest absolute Gasteiger partial charge is 0.444 e. The van der Waals surface area contributed by atoms with Gasteiger partial charge in [0.25, 0.3) is 0 Å². The Morgan fingerprint density at radius 2 is 1.88 bits per heavy atom. The van der Waals surface area contributed by atoms with Crippen LogP contribution in [-0.2, 0) is 10.9 Å². The summed E-state index contributed by atoms with van der Waals surface area (Å²) in [5, 5.41) is 10.3. The maximum absolute atomic E-state index is 13.2. The zero-order valence-corrected chi connectivity index (χ0v) is 13.9. The first-order valence-electron chi connectivity index (χ1n) is 7.81. The van der Waals surface area contributed by atoms with Crippen LogP contribution in [0.4, 0.5) is 18.0 Å². The van der Waals surface area contributed by atoms with Gasteiger partial charge in [-0.15, -0.1) is 0 Å². The Kier molecular flexibility index (Phi) is 5.13. The van der Waals surface area contributed by atoms with Crippen LogP contribution in [0.25, 0.3) is 0 Å². The predicted molar refractivity (Wildman–Crippen MR) is 82.6 cm³/mol. The Balaban J connectivity index is 2.14. The molecule has 2 atom stereocenters. The second kappa shape index (κ2) is 6.63. The molecule has 1 aliphatic rings. The fourth-order valence-electron chi connectivity index (χ4n) is 2.87. The SMILES string of the molecule is CC(C)(C)OC(=O)N1CC[C@H](c2ccccc2C(F)(F)F)[C@H](O)C1. The summed E-state index contributed by atoms with van der Waals surface area (Å²) in [5.74, 6) is -0.665. The third kappa shape index (κ3) is 4.41. The number of carbonyl (C=O) groups excluding carboxylic acids is 1. The summed E-state index contributed by atoms with van der Waals surface area (Å²) in [4.78, 5) is 13.4. The van der Waals surface area contributed by atoms with Crippen molar-refractivity contribution in [3.05, 3.63) is 35.4 Å². The number of β-amino-alcohol motifs (C(OH)–C–C–N with tert-alkyl or cyclic N) is 1. The van der Waals surface area contributed by atoms with Gasteiger partial charge in [-0.3, -0.25) is 0 Å². The number of hydrogen-bond donors (Lipinski definition) is 1. The average molecular weight is 345 g/mol. The first-order valence-corrected chi connectivity index (χ1v) is 7.81. The molecule has 1 N–H and O–H groups in total. The summed E-state index contributed by atoms with van der Waals surface area (Å²) in [6, 6.07) is 5.26. The summed E-state index contributed by atoms with van der Waals surface area (Å²) < 4.78 is 44.7. The lowest BCUT2D eigenvalue weighted by molar-refractivity contribution is -0.138. The molecule has 0 aliphatic carbocycles. The van der Waals surface area contributed by atoms with Crippen molar-refractivity contribution >= 4 is 6.09 Å². The zero-order chi connectivity index (χ0) is 18.1. The molecule has 4 nitrogen and oxygen atoms in total. The number of carbonyl (C=O) groups is 1. The molecule has 1 aromatic rings. The number of piperidine rings is 1. The third-order valence-corrected chi connectivity index (χ3v) is 3.90. The Bertz CT molecular complexity index is 595. The lowest BCUT2D eigenvalue weighted by Gasteiger charge is -2.37. The Morgan fingerprint density at radius 3 is 2.42 bits per heavy atom. The minimum atomic E-state index is -4.47. The number of rotatable bonds is 1. The predicted octanol–water partition coefficient (Wildman–Crippen LogP) is 3.79. The molecule has 0 unspecified atom stereocenters. The molecular weight excluding hydrogens is 323 g/mol. The number of hydrogen-bond acceptors (Lipinski definition) is 3. The van der Waals surface area contributed by atoms with Crippen LogP contribution < -0.4 is 0 Å². The van der Waals surface area contributed by atoms with Gasteiger partial charge in [0, 0.05) is 12.5 Å². The van der Waals surface area contributed by atoms with Crippen LogP contribution in [0.15, 0.2) is 24.3 Å². The maximum Gasteiger partial charge on any atom is 0.416 e. The van der Waals surface area contributed by atoms with Crippen molar-refractivity contribution in [2.45, 2.75) is 51.0 Å². The molecule has 1 heterocycles. The smallest absolute Gasteiger partial charge is 0.416 e. The van der Waals surface area contributed by atoms with Gasteiger partial charge in [0.1, 0.15) is 5.60 Å². The molecule has 24 heavy (non-hydrogen) atoms. The lowest BCUT2D eigenvalue weighted by atomic mass is 9.84. The summed E-state index contributed by atoms with van der Waals surface area (Å²) in [5.41, 5.74) is -1.33. The van der Waals surface area contributed by atoms with E-state index < -0.39 is 35.5 Å². The van der Waals surface area contributed by atoms with E-state index in [1.165, 1.54) is 23.1 Å². The quantitative estimate of drug-likeness (QED) is 0.842. The number of likely N-dealkylation sites (tertiary alicyclic amines) is 1. The number of nitrogens with zero attached hydrogens (tertiary/aromatic N) is 1. The third-order valence-electron chi connectivity index (χ3n) is 3.90. The van der Waals surface area contributed by atoms with E-state index in [4.69, 9.17) is 4.74 Å². The van der Waals surface area contributed by atoms with Gasteiger partial charge in [0.2, 0.25) is 0 Å². The van der Waals surface area contributed by atoms with Gasteiger partial charge in [0.05, 0.1) is 18.2 Å². The van der Waals surface area contributed by atoms with Crippen LogP contribution in [0.5, 0.6) is 0 Å². The molecule has 1 aromatic carbocycles. The molecule has 1 saturated heterocycles. The molecular formula is C17H22F3NO3. The molecule has 0 radical (unpaired) electrons. The van der Waals surface area contributed by atoms with Gasteiger partial charge in [-0.1, -0.05) is 18.2 Å². The Labute approximate surface area is 139 Å². The van der Waals surface area contributed by atoms with Crippen LogP contribution in [0, 0.1) is 0 Å². The van der Waals surface area contributed by atoms with Gasteiger partial charge in [-0.25, -0.2) is 4.79 Å². The van der Waals surface area contributed by atoms with Crippen molar-refractivity contribution in [1.29, 1.82) is 0 Å². The fourth-order valence-corrected chi connectivity index (χ4v) is 2.87. The van der Waals surface area contributed by atoms with Crippen LogP contribution in [0.1, 0.15) is 44.2 Å². The molecule has 7 heteroatoms. The minimum absolute atomic E-state index is 0.0498. The van der Waals surface area contributed by atoms with Crippen molar-refractivity contribution in [3.8, 4) is 0 Å². The number of amides is 1. The standard InChI is InChI=1S/C17H22F3NO3/c1-16(2,3)24-15(23)21-9-8-12(14(22)10-21)11-6-4-5-7-13(11)17(18,19)20/h4-7,12,14,22H,8-10H2,1-3H3/t12-,14-/m1/s1. The zero-order valence-electron chi connectivity index (χ0n) is 13.9. The minimum Gasteiger partial charge on any atom is -0.444 e. The fraction of sp³-hybridized carbons (Fsp3) is 0.588. The van der Waals surface area contributed by atoms with Gasteiger partial charge < -0.3 is 14.7 Å². The molecule has 1 aliphatic heterocycles. The Morgan fingerprint density at radius 1 is 1.25 bits per heavy atom. The topological polar surface area (TPSA) is 49.8 Å². The molecule has 134 valence electrons. The van der Waals surface area contributed by atoms with E-state index >= 15 is 0 Å². The van der Waals surface area contributed by atoms with Gasteiger partial charge in [-0.05, 0) is 38.8 Å². The van der Waals surface area contributed by atoms with Crippen LogP contribution in [0.2, 0.25) is 0 Å². The number of aliphatic hydroxyl groups excluding tert-OH is 1. The van der Waals surface area contributed by atoms with E-state index in [-0.39, 0.29) is 25.1 Å². The van der Waals surface area contributed by atoms with E-state index in [1.54, 1.807) is 20.8 Å². The molecule has 0 spiro atoms. The number of ether oxygens (including phenoxy) is 1. The highest BCUT2D eigenvalue weighted by atomic mass is 19.4. The molecule has 0 bridgehead atoms. The second-order valence-corrected chi connectivity index (χ2v) is 6.97. The van der Waals surface area contributed by atoms with Gasteiger partial charge >= 0.3 is 12.3 Å².